The van der Waals surface area contributed by atoms with Crippen LogP contribution in [0.15, 0.2) is 15.6 Å². The maximum Gasteiger partial charge on any atom is 0.189 e. The van der Waals surface area contributed by atoms with Gasteiger partial charge < -0.3 is 15.6 Å². The molecular weight excluding hydrogens is 343 g/mol. The molecule has 104 valence electrons. The van der Waals surface area contributed by atoms with E-state index in [4.69, 9.17) is 10.3 Å². The average molecular weight is 366 g/mol. The van der Waals surface area contributed by atoms with Gasteiger partial charge in [-0.1, -0.05) is 19.0 Å². The number of nitrogens with zero attached hydrogens (tertiary/aromatic N) is 2. The van der Waals surface area contributed by atoms with Crippen LogP contribution in [0.3, 0.4) is 0 Å². The van der Waals surface area contributed by atoms with Crippen molar-refractivity contribution in [3.63, 3.8) is 0 Å². The second-order valence-electron chi connectivity index (χ2n) is 5.45. The van der Waals surface area contributed by atoms with Gasteiger partial charge in [-0.2, -0.15) is 0 Å². The van der Waals surface area contributed by atoms with Gasteiger partial charge in [-0.15, -0.1) is 24.0 Å². The minimum atomic E-state index is -0.0852. The standard InChI is InChI=1S/C12H22N4O.HI/c1-8(2)10-6-9(17-16-10)7-14-11(13)15-12(3,4)5;/h6,8H,7H2,1-5H3,(H3,13,14,15);1H. The molecule has 0 radical (unpaired) electrons. The Morgan fingerprint density at radius 2 is 2.11 bits per heavy atom. The summed E-state index contributed by atoms with van der Waals surface area (Å²) >= 11 is 0. The lowest BCUT2D eigenvalue weighted by molar-refractivity contribution is 0.376. The van der Waals surface area contributed by atoms with Crippen LogP contribution in [0.5, 0.6) is 0 Å². The Hall–Kier alpha value is -0.790. The zero-order valence-corrected chi connectivity index (χ0v) is 14.0. The topological polar surface area (TPSA) is 76.4 Å². The summed E-state index contributed by atoms with van der Waals surface area (Å²) < 4.78 is 5.17. The van der Waals surface area contributed by atoms with E-state index < -0.39 is 0 Å². The molecule has 0 saturated carbocycles. The van der Waals surface area contributed by atoms with Crippen LogP contribution in [0.1, 0.15) is 52.0 Å². The average Bonchev–Trinajstić information content (AvgIpc) is 2.60. The van der Waals surface area contributed by atoms with E-state index in [1.807, 2.05) is 26.8 Å². The van der Waals surface area contributed by atoms with Crippen molar-refractivity contribution in [2.45, 2.75) is 52.6 Å². The Labute approximate surface area is 126 Å². The maximum atomic E-state index is 5.75. The monoisotopic (exact) mass is 366 g/mol. The number of aliphatic imine (C=N–C) groups is 1. The van der Waals surface area contributed by atoms with Gasteiger partial charge in [0.1, 0.15) is 6.54 Å². The molecule has 0 fully saturated rings. The van der Waals surface area contributed by atoms with Gasteiger partial charge in [0.15, 0.2) is 11.7 Å². The van der Waals surface area contributed by atoms with Crippen LogP contribution >= 0.6 is 24.0 Å². The highest BCUT2D eigenvalue weighted by atomic mass is 127. The Balaban J connectivity index is 0.00000289. The summed E-state index contributed by atoms with van der Waals surface area (Å²) in [6.07, 6.45) is 0. The molecule has 5 nitrogen and oxygen atoms in total. The van der Waals surface area contributed by atoms with Crippen molar-refractivity contribution in [3.8, 4) is 0 Å². The SMILES string of the molecule is CC(C)c1cc(CN=C(N)NC(C)(C)C)on1.I. The first-order valence-electron chi connectivity index (χ1n) is 5.81. The summed E-state index contributed by atoms with van der Waals surface area (Å²) in [6.45, 7) is 10.6. The van der Waals surface area contributed by atoms with Gasteiger partial charge in [-0.3, -0.25) is 0 Å². The zero-order chi connectivity index (χ0) is 13.1. The largest absolute Gasteiger partial charge is 0.370 e. The molecule has 1 rings (SSSR count). The molecule has 1 heterocycles. The van der Waals surface area contributed by atoms with Gasteiger partial charge >= 0.3 is 0 Å². The number of hydrogen-bond acceptors (Lipinski definition) is 3. The fourth-order valence-electron chi connectivity index (χ4n) is 1.26. The van der Waals surface area contributed by atoms with Crippen LogP contribution in [0, 0.1) is 0 Å². The molecule has 1 aromatic rings. The molecule has 0 saturated heterocycles. The summed E-state index contributed by atoms with van der Waals surface area (Å²) in [5, 5.41) is 7.05. The normalized spacial score (nSPS) is 12.4. The van der Waals surface area contributed by atoms with E-state index in [1.165, 1.54) is 0 Å². The van der Waals surface area contributed by atoms with Gasteiger partial charge in [0.25, 0.3) is 0 Å². The molecular formula is C12H23IN4O. The van der Waals surface area contributed by atoms with Crippen molar-refractivity contribution >= 4 is 29.9 Å². The smallest absolute Gasteiger partial charge is 0.189 e. The number of halogens is 1. The van der Waals surface area contributed by atoms with E-state index in [0.29, 0.717) is 18.4 Å². The van der Waals surface area contributed by atoms with Gasteiger partial charge in [0, 0.05) is 11.6 Å². The van der Waals surface area contributed by atoms with Crippen molar-refractivity contribution in [2.75, 3.05) is 0 Å². The highest BCUT2D eigenvalue weighted by Gasteiger charge is 2.10. The molecule has 0 aliphatic heterocycles. The van der Waals surface area contributed by atoms with Gasteiger partial charge in [-0.05, 0) is 26.7 Å². The van der Waals surface area contributed by atoms with E-state index in [2.05, 4.69) is 29.3 Å². The Bertz CT molecular complexity index is 393. The fourth-order valence-corrected chi connectivity index (χ4v) is 1.26. The summed E-state index contributed by atoms with van der Waals surface area (Å²) in [5.41, 5.74) is 6.61. The summed E-state index contributed by atoms with van der Waals surface area (Å²) in [4.78, 5) is 4.20. The number of nitrogens with one attached hydrogen (secondary N) is 1. The maximum absolute atomic E-state index is 5.75. The van der Waals surface area contributed by atoms with Gasteiger partial charge in [-0.25, -0.2) is 4.99 Å². The van der Waals surface area contributed by atoms with Gasteiger partial charge in [0.05, 0.1) is 5.69 Å². The van der Waals surface area contributed by atoms with Crippen molar-refractivity contribution in [1.82, 2.24) is 10.5 Å². The van der Waals surface area contributed by atoms with Crippen molar-refractivity contribution in [3.05, 3.63) is 17.5 Å². The fraction of sp³-hybridized carbons (Fsp3) is 0.667. The van der Waals surface area contributed by atoms with E-state index in [9.17, 15) is 0 Å². The Morgan fingerprint density at radius 3 is 2.56 bits per heavy atom. The van der Waals surface area contributed by atoms with Gasteiger partial charge in [0.2, 0.25) is 0 Å². The number of guanidine groups is 1. The molecule has 1 aromatic heterocycles. The first kappa shape index (κ1) is 17.2. The molecule has 0 bridgehead atoms. The van der Waals surface area contributed by atoms with E-state index >= 15 is 0 Å². The number of nitrogens with two attached hydrogens (primary N) is 1. The lowest BCUT2D eigenvalue weighted by Gasteiger charge is -2.20. The van der Waals surface area contributed by atoms with Crippen LogP contribution in [-0.4, -0.2) is 16.7 Å². The van der Waals surface area contributed by atoms with E-state index in [0.717, 1.165) is 11.5 Å². The minimum absolute atomic E-state index is 0. The summed E-state index contributed by atoms with van der Waals surface area (Å²) in [7, 11) is 0. The molecule has 0 aromatic carbocycles. The highest BCUT2D eigenvalue weighted by Crippen LogP contribution is 2.14. The van der Waals surface area contributed by atoms with Crippen LogP contribution in [0.4, 0.5) is 0 Å². The lowest BCUT2D eigenvalue weighted by atomic mass is 10.1. The second kappa shape index (κ2) is 6.96. The third-order valence-electron chi connectivity index (χ3n) is 2.08. The zero-order valence-electron chi connectivity index (χ0n) is 11.7. The third kappa shape index (κ3) is 6.23. The van der Waals surface area contributed by atoms with Crippen LogP contribution in [0.2, 0.25) is 0 Å². The van der Waals surface area contributed by atoms with Crippen LogP contribution < -0.4 is 11.1 Å². The second-order valence-corrected chi connectivity index (χ2v) is 5.45. The third-order valence-corrected chi connectivity index (χ3v) is 2.08. The quantitative estimate of drug-likeness (QED) is 0.490. The van der Waals surface area contributed by atoms with Crippen molar-refractivity contribution < 1.29 is 4.52 Å². The molecule has 0 unspecified atom stereocenters. The van der Waals surface area contributed by atoms with E-state index in [-0.39, 0.29) is 29.5 Å². The molecule has 0 atom stereocenters. The van der Waals surface area contributed by atoms with Crippen LogP contribution in [0.25, 0.3) is 0 Å². The predicted octanol–water partition coefficient (Wildman–Crippen LogP) is 2.62. The summed E-state index contributed by atoms with van der Waals surface area (Å²) in [5.74, 6) is 1.51. The summed E-state index contributed by atoms with van der Waals surface area (Å²) in [6, 6.07) is 1.92. The first-order chi connectivity index (χ1) is 7.78. The molecule has 6 heteroatoms. The van der Waals surface area contributed by atoms with Crippen molar-refractivity contribution in [1.29, 1.82) is 0 Å². The molecule has 0 aliphatic rings. The molecule has 0 amide bonds. The predicted molar refractivity (Wildman–Crippen MR) is 84.2 cm³/mol. The Morgan fingerprint density at radius 1 is 1.50 bits per heavy atom. The lowest BCUT2D eigenvalue weighted by Crippen LogP contribution is -2.44. The van der Waals surface area contributed by atoms with Crippen LogP contribution in [-0.2, 0) is 6.54 Å². The molecule has 18 heavy (non-hydrogen) atoms. The first-order valence-corrected chi connectivity index (χ1v) is 5.81. The number of aromatic nitrogens is 1. The Kier molecular flexibility index (Phi) is 6.66. The molecule has 0 spiro atoms. The number of hydrogen-bond donors (Lipinski definition) is 2. The molecule has 3 N–H and O–H groups in total. The minimum Gasteiger partial charge on any atom is -0.370 e. The van der Waals surface area contributed by atoms with Crippen molar-refractivity contribution in [2.24, 2.45) is 10.7 Å². The van der Waals surface area contributed by atoms with E-state index in [1.54, 1.807) is 0 Å². The highest BCUT2D eigenvalue weighted by molar-refractivity contribution is 14.0. The molecule has 0 aliphatic carbocycles. The number of rotatable bonds is 3.